The SMILES string of the molecule is CC(C)(/C(N)=C\C(=O)O)c1ccccn1. The average molecular weight is 206 g/mol. The van der Waals surface area contributed by atoms with Crippen molar-refractivity contribution < 1.29 is 9.90 Å². The Bertz CT molecular complexity index is 383. The maximum absolute atomic E-state index is 10.5. The van der Waals surface area contributed by atoms with Gasteiger partial charge in [0.2, 0.25) is 0 Å². The van der Waals surface area contributed by atoms with Crippen LogP contribution in [-0.2, 0) is 10.2 Å². The summed E-state index contributed by atoms with van der Waals surface area (Å²) in [6, 6.07) is 5.47. The summed E-state index contributed by atoms with van der Waals surface area (Å²) in [6.45, 7) is 3.67. The van der Waals surface area contributed by atoms with Gasteiger partial charge in [0.1, 0.15) is 0 Å². The van der Waals surface area contributed by atoms with E-state index in [1.807, 2.05) is 26.0 Å². The molecule has 0 radical (unpaired) electrons. The molecule has 4 heteroatoms. The Labute approximate surface area is 88.4 Å². The third-order valence-corrected chi connectivity index (χ3v) is 2.31. The molecule has 0 aromatic carbocycles. The molecule has 0 bridgehead atoms. The number of carbonyl (C=O) groups is 1. The van der Waals surface area contributed by atoms with Crippen LogP contribution < -0.4 is 5.73 Å². The zero-order chi connectivity index (χ0) is 11.5. The third kappa shape index (κ3) is 2.56. The number of rotatable bonds is 3. The first kappa shape index (κ1) is 11.2. The molecule has 1 heterocycles. The number of aromatic nitrogens is 1. The lowest BCUT2D eigenvalue weighted by Crippen LogP contribution is -2.27. The summed E-state index contributed by atoms with van der Waals surface area (Å²) in [5.74, 6) is -1.04. The second kappa shape index (κ2) is 4.13. The van der Waals surface area contributed by atoms with Crippen LogP contribution in [0.15, 0.2) is 36.2 Å². The van der Waals surface area contributed by atoms with Crippen molar-refractivity contribution in [1.29, 1.82) is 0 Å². The highest BCUT2D eigenvalue weighted by Gasteiger charge is 2.25. The van der Waals surface area contributed by atoms with Crippen LogP contribution in [0.3, 0.4) is 0 Å². The van der Waals surface area contributed by atoms with E-state index in [0.717, 1.165) is 11.8 Å². The topological polar surface area (TPSA) is 76.2 Å². The van der Waals surface area contributed by atoms with Gasteiger partial charge in [0.05, 0.1) is 5.69 Å². The summed E-state index contributed by atoms with van der Waals surface area (Å²) in [4.78, 5) is 14.7. The quantitative estimate of drug-likeness (QED) is 0.730. The molecule has 1 rings (SSSR count). The Morgan fingerprint density at radius 1 is 1.53 bits per heavy atom. The van der Waals surface area contributed by atoms with Gasteiger partial charge in [-0.15, -0.1) is 0 Å². The maximum atomic E-state index is 10.5. The fourth-order valence-electron chi connectivity index (χ4n) is 1.19. The van der Waals surface area contributed by atoms with Crippen LogP contribution in [0.5, 0.6) is 0 Å². The van der Waals surface area contributed by atoms with Gasteiger partial charge in [-0.1, -0.05) is 6.07 Å². The van der Waals surface area contributed by atoms with E-state index in [0.29, 0.717) is 0 Å². The van der Waals surface area contributed by atoms with Crippen molar-refractivity contribution in [3.05, 3.63) is 41.9 Å². The van der Waals surface area contributed by atoms with E-state index >= 15 is 0 Å². The van der Waals surface area contributed by atoms with E-state index in [1.54, 1.807) is 12.3 Å². The summed E-state index contributed by atoms with van der Waals surface area (Å²) < 4.78 is 0. The summed E-state index contributed by atoms with van der Waals surface area (Å²) in [6.07, 6.45) is 2.67. The lowest BCUT2D eigenvalue weighted by Gasteiger charge is -2.24. The number of allylic oxidation sites excluding steroid dienone is 1. The highest BCUT2D eigenvalue weighted by Crippen LogP contribution is 2.26. The molecule has 0 aliphatic rings. The van der Waals surface area contributed by atoms with Gasteiger partial charge < -0.3 is 10.8 Å². The molecule has 0 fully saturated rings. The maximum Gasteiger partial charge on any atom is 0.330 e. The minimum absolute atomic E-state index is 0.286. The minimum Gasteiger partial charge on any atom is -0.478 e. The van der Waals surface area contributed by atoms with Crippen LogP contribution in [0.4, 0.5) is 0 Å². The standard InChI is InChI=1S/C11H14N2O2/c1-11(2,8(12)7-10(14)15)9-5-3-4-6-13-9/h3-7H,12H2,1-2H3,(H,14,15)/b8-7+. The second-order valence-electron chi connectivity index (χ2n) is 3.78. The molecule has 4 nitrogen and oxygen atoms in total. The zero-order valence-corrected chi connectivity index (χ0v) is 8.77. The number of pyridine rings is 1. The van der Waals surface area contributed by atoms with E-state index in [4.69, 9.17) is 10.8 Å². The highest BCUT2D eigenvalue weighted by molar-refractivity contribution is 5.81. The predicted molar refractivity (Wildman–Crippen MR) is 57.2 cm³/mol. The molecule has 0 amide bonds. The number of carboxylic acids is 1. The summed E-state index contributed by atoms with van der Waals surface area (Å²) in [5, 5.41) is 8.62. The molecule has 0 saturated heterocycles. The van der Waals surface area contributed by atoms with Gasteiger partial charge in [0.25, 0.3) is 0 Å². The number of aliphatic carboxylic acids is 1. The fraction of sp³-hybridized carbons (Fsp3) is 0.273. The Balaban J connectivity index is 3.08. The van der Waals surface area contributed by atoms with E-state index in [1.165, 1.54) is 0 Å². The van der Waals surface area contributed by atoms with Crippen LogP contribution >= 0.6 is 0 Å². The molecule has 0 atom stereocenters. The Hall–Kier alpha value is -1.84. The van der Waals surface area contributed by atoms with Crippen molar-refractivity contribution in [2.24, 2.45) is 5.73 Å². The van der Waals surface area contributed by atoms with Crippen LogP contribution in [-0.4, -0.2) is 16.1 Å². The number of hydrogen-bond donors (Lipinski definition) is 2. The summed E-state index contributed by atoms with van der Waals surface area (Å²) in [5.41, 5.74) is 6.19. The Kier molecular flexibility index (Phi) is 3.09. The predicted octanol–water partition coefficient (Wildman–Crippen LogP) is 1.29. The molecule has 1 aromatic heterocycles. The smallest absolute Gasteiger partial charge is 0.330 e. The zero-order valence-electron chi connectivity index (χ0n) is 8.77. The van der Waals surface area contributed by atoms with Crippen molar-refractivity contribution in [1.82, 2.24) is 4.98 Å². The van der Waals surface area contributed by atoms with E-state index in [-0.39, 0.29) is 5.70 Å². The van der Waals surface area contributed by atoms with E-state index < -0.39 is 11.4 Å². The number of hydrogen-bond acceptors (Lipinski definition) is 3. The molecule has 0 unspecified atom stereocenters. The molecule has 0 aliphatic carbocycles. The lowest BCUT2D eigenvalue weighted by molar-refractivity contribution is -0.131. The molecule has 0 aliphatic heterocycles. The van der Waals surface area contributed by atoms with Crippen molar-refractivity contribution in [3.63, 3.8) is 0 Å². The van der Waals surface area contributed by atoms with E-state index in [9.17, 15) is 4.79 Å². The lowest BCUT2D eigenvalue weighted by atomic mass is 9.85. The van der Waals surface area contributed by atoms with Gasteiger partial charge >= 0.3 is 5.97 Å². The first-order chi connectivity index (χ1) is 6.94. The van der Waals surface area contributed by atoms with Gasteiger partial charge in [-0.05, 0) is 26.0 Å². The largest absolute Gasteiger partial charge is 0.478 e. The second-order valence-corrected chi connectivity index (χ2v) is 3.78. The van der Waals surface area contributed by atoms with E-state index in [2.05, 4.69) is 4.98 Å². The van der Waals surface area contributed by atoms with Gasteiger partial charge in [0.15, 0.2) is 0 Å². The van der Waals surface area contributed by atoms with Crippen molar-refractivity contribution in [3.8, 4) is 0 Å². The van der Waals surface area contributed by atoms with Crippen LogP contribution in [0.2, 0.25) is 0 Å². The average Bonchev–Trinajstić information content (AvgIpc) is 2.18. The number of nitrogens with two attached hydrogens (primary N) is 1. The Morgan fingerprint density at radius 3 is 2.67 bits per heavy atom. The van der Waals surface area contributed by atoms with Gasteiger partial charge in [-0.3, -0.25) is 4.98 Å². The van der Waals surface area contributed by atoms with Crippen LogP contribution in [0, 0.1) is 0 Å². The first-order valence-corrected chi connectivity index (χ1v) is 4.56. The highest BCUT2D eigenvalue weighted by atomic mass is 16.4. The van der Waals surface area contributed by atoms with Crippen LogP contribution in [0.25, 0.3) is 0 Å². The van der Waals surface area contributed by atoms with Crippen molar-refractivity contribution in [2.75, 3.05) is 0 Å². The van der Waals surface area contributed by atoms with Crippen LogP contribution in [0.1, 0.15) is 19.5 Å². The van der Waals surface area contributed by atoms with Gasteiger partial charge in [-0.25, -0.2) is 4.79 Å². The first-order valence-electron chi connectivity index (χ1n) is 4.56. The fourth-order valence-corrected chi connectivity index (χ4v) is 1.19. The number of nitrogens with zero attached hydrogens (tertiary/aromatic N) is 1. The van der Waals surface area contributed by atoms with Crippen molar-refractivity contribution >= 4 is 5.97 Å². The number of carboxylic acid groups (broad SMARTS) is 1. The summed E-state index contributed by atoms with van der Waals surface area (Å²) >= 11 is 0. The van der Waals surface area contributed by atoms with Crippen molar-refractivity contribution in [2.45, 2.75) is 19.3 Å². The molecular formula is C11H14N2O2. The molecule has 3 N–H and O–H groups in total. The molecule has 0 spiro atoms. The third-order valence-electron chi connectivity index (χ3n) is 2.31. The molecule has 1 aromatic rings. The van der Waals surface area contributed by atoms with Gasteiger partial charge in [0, 0.05) is 23.4 Å². The minimum atomic E-state index is -1.04. The normalized spacial score (nSPS) is 12.5. The molecule has 80 valence electrons. The monoisotopic (exact) mass is 206 g/mol. The Morgan fingerprint density at radius 2 is 2.20 bits per heavy atom. The van der Waals surface area contributed by atoms with Gasteiger partial charge in [-0.2, -0.15) is 0 Å². The molecular weight excluding hydrogens is 192 g/mol. The summed E-state index contributed by atoms with van der Waals surface area (Å²) in [7, 11) is 0. The molecule has 15 heavy (non-hydrogen) atoms. The molecule has 0 saturated carbocycles.